The van der Waals surface area contributed by atoms with E-state index in [2.05, 4.69) is 0 Å². The molecule has 0 radical (unpaired) electrons. The largest absolute Gasteiger partial charge is 0.481 e. The lowest BCUT2D eigenvalue weighted by Gasteiger charge is -2.15. The number of hydrogen-bond acceptors (Lipinski definition) is 2. The van der Waals surface area contributed by atoms with Gasteiger partial charge >= 0.3 is 5.97 Å². The SMILES string of the molecule is Cc1ccc(F)c(C(N)CC(=O)O)c1C. The lowest BCUT2D eigenvalue weighted by atomic mass is 9.95. The van der Waals surface area contributed by atoms with Crippen molar-refractivity contribution in [3.63, 3.8) is 0 Å². The Morgan fingerprint density at radius 3 is 2.67 bits per heavy atom. The van der Waals surface area contributed by atoms with Crippen molar-refractivity contribution < 1.29 is 14.3 Å². The Labute approximate surface area is 87.7 Å². The minimum atomic E-state index is -1.03. The Morgan fingerprint density at radius 1 is 1.53 bits per heavy atom. The zero-order chi connectivity index (χ0) is 11.6. The predicted molar refractivity (Wildman–Crippen MR) is 55.1 cm³/mol. The lowest BCUT2D eigenvalue weighted by molar-refractivity contribution is -0.137. The van der Waals surface area contributed by atoms with E-state index in [-0.39, 0.29) is 6.42 Å². The smallest absolute Gasteiger partial charge is 0.305 e. The normalized spacial score (nSPS) is 12.5. The van der Waals surface area contributed by atoms with E-state index < -0.39 is 17.8 Å². The van der Waals surface area contributed by atoms with Crippen LogP contribution < -0.4 is 5.73 Å². The first-order valence-corrected chi connectivity index (χ1v) is 4.66. The minimum absolute atomic E-state index is 0.263. The van der Waals surface area contributed by atoms with Gasteiger partial charge in [0.15, 0.2) is 0 Å². The van der Waals surface area contributed by atoms with E-state index in [1.165, 1.54) is 6.07 Å². The van der Waals surface area contributed by atoms with E-state index in [0.29, 0.717) is 5.56 Å². The molecule has 0 fully saturated rings. The fraction of sp³-hybridized carbons (Fsp3) is 0.364. The van der Waals surface area contributed by atoms with Gasteiger partial charge in [-0.25, -0.2) is 4.39 Å². The lowest BCUT2D eigenvalue weighted by Crippen LogP contribution is -2.18. The molecule has 82 valence electrons. The van der Waals surface area contributed by atoms with Crippen LogP contribution in [0.2, 0.25) is 0 Å². The Bertz CT molecular complexity index is 390. The summed E-state index contributed by atoms with van der Waals surface area (Å²) in [5, 5.41) is 8.59. The summed E-state index contributed by atoms with van der Waals surface area (Å²) in [4.78, 5) is 10.5. The number of halogens is 1. The Kier molecular flexibility index (Phi) is 3.42. The number of aliphatic carboxylic acids is 1. The molecule has 4 heteroatoms. The molecule has 0 saturated heterocycles. The highest BCUT2D eigenvalue weighted by molar-refractivity contribution is 5.68. The molecule has 1 aromatic carbocycles. The van der Waals surface area contributed by atoms with Gasteiger partial charge < -0.3 is 10.8 Å². The van der Waals surface area contributed by atoms with E-state index in [1.807, 2.05) is 6.92 Å². The number of carbonyl (C=O) groups is 1. The van der Waals surface area contributed by atoms with Gasteiger partial charge in [-0.15, -0.1) is 0 Å². The third kappa shape index (κ3) is 2.53. The molecule has 1 aromatic rings. The van der Waals surface area contributed by atoms with Crippen molar-refractivity contribution >= 4 is 5.97 Å². The summed E-state index contributed by atoms with van der Waals surface area (Å²) in [5.41, 5.74) is 7.58. The van der Waals surface area contributed by atoms with E-state index in [4.69, 9.17) is 10.8 Å². The van der Waals surface area contributed by atoms with Crippen LogP contribution in [0.3, 0.4) is 0 Å². The van der Waals surface area contributed by atoms with Crippen molar-refractivity contribution in [1.29, 1.82) is 0 Å². The highest BCUT2D eigenvalue weighted by Gasteiger charge is 2.17. The number of hydrogen-bond donors (Lipinski definition) is 2. The van der Waals surface area contributed by atoms with Gasteiger partial charge in [0.1, 0.15) is 5.82 Å². The van der Waals surface area contributed by atoms with Gasteiger partial charge in [-0.1, -0.05) is 6.07 Å². The van der Waals surface area contributed by atoms with Crippen molar-refractivity contribution in [2.24, 2.45) is 5.73 Å². The van der Waals surface area contributed by atoms with Crippen LogP contribution in [0.1, 0.15) is 29.2 Å². The molecule has 1 unspecified atom stereocenters. The zero-order valence-corrected chi connectivity index (χ0v) is 8.75. The average Bonchev–Trinajstić information content (AvgIpc) is 2.11. The molecule has 0 aromatic heterocycles. The summed E-state index contributed by atoms with van der Waals surface area (Å²) in [7, 11) is 0. The fourth-order valence-electron chi connectivity index (χ4n) is 1.55. The molecule has 0 aliphatic heterocycles. The molecule has 0 spiro atoms. The highest BCUT2D eigenvalue weighted by Crippen LogP contribution is 2.24. The van der Waals surface area contributed by atoms with Crippen molar-refractivity contribution in [3.05, 3.63) is 34.6 Å². The van der Waals surface area contributed by atoms with E-state index in [0.717, 1.165) is 11.1 Å². The first-order valence-electron chi connectivity index (χ1n) is 4.66. The van der Waals surface area contributed by atoms with Crippen molar-refractivity contribution in [3.8, 4) is 0 Å². The van der Waals surface area contributed by atoms with Gasteiger partial charge in [0.25, 0.3) is 0 Å². The molecule has 0 saturated carbocycles. The van der Waals surface area contributed by atoms with Crippen LogP contribution in [0, 0.1) is 19.7 Å². The summed E-state index contributed by atoms with van der Waals surface area (Å²) in [6, 6.07) is 2.18. The van der Waals surface area contributed by atoms with E-state index in [1.54, 1.807) is 13.0 Å². The van der Waals surface area contributed by atoms with Crippen molar-refractivity contribution in [1.82, 2.24) is 0 Å². The Hall–Kier alpha value is -1.42. The molecule has 15 heavy (non-hydrogen) atoms. The van der Waals surface area contributed by atoms with Crippen LogP contribution in [0.15, 0.2) is 12.1 Å². The number of carboxylic acids is 1. The summed E-state index contributed by atoms with van der Waals surface area (Å²) >= 11 is 0. The predicted octanol–water partition coefficient (Wildman–Crippen LogP) is 1.92. The average molecular weight is 211 g/mol. The second-order valence-corrected chi connectivity index (χ2v) is 3.61. The zero-order valence-electron chi connectivity index (χ0n) is 8.75. The molecular weight excluding hydrogens is 197 g/mol. The van der Waals surface area contributed by atoms with E-state index in [9.17, 15) is 9.18 Å². The van der Waals surface area contributed by atoms with Gasteiger partial charge in [-0.3, -0.25) is 4.79 Å². The topological polar surface area (TPSA) is 63.3 Å². The first kappa shape index (κ1) is 11.7. The molecule has 1 rings (SSSR count). The molecule has 1 atom stereocenters. The molecular formula is C11H14FNO2. The van der Waals surface area contributed by atoms with Crippen LogP contribution in [-0.4, -0.2) is 11.1 Å². The van der Waals surface area contributed by atoms with E-state index >= 15 is 0 Å². The highest BCUT2D eigenvalue weighted by atomic mass is 19.1. The van der Waals surface area contributed by atoms with Crippen molar-refractivity contribution in [2.45, 2.75) is 26.3 Å². The summed E-state index contributed by atoms with van der Waals surface area (Å²) in [5.74, 6) is -1.46. The second-order valence-electron chi connectivity index (χ2n) is 3.61. The molecule has 3 N–H and O–H groups in total. The molecule has 3 nitrogen and oxygen atoms in total. The maximum Gasteiger partial charge on any atom is 0.305 e. The molecule has 0 aliphatic carbocycles. The molecule has 0 amide bonds. The first-order chi connectivity index (χ1) is 6.93. The molecule has 0 bridgehead atoms. The van der Waals surface area contributed by atoms with Crippen LogP contribution in [0.5, 0.6) is 0 Å². The van der Waals surface area contributed by atoms with Gasteiger partial charge in [0.2, 0.25) is 0 Å². The van der Waals surface area contributed by atoms with Gasteiger partial charge in [0.05, 0.1) is 6.42 Å². The maximum atomic E-state index is 13.5. The Morgan fingerprint density at radius 2 is 2.13 bits per heavy atom. The molecule has 0 aliphatic rings. The third-order valence-electron chi connectivity index (χ3n) is 2.50. The molecule has 0 heterocycles. The third-order valence-corrected chi connectivity index (χ3v) is 2.50. The van der Waals surface area contributed by atoms with Crippen molar-refractivity contribution in [2.75, 3.05) is 0 Å². The van der Waals surface area contributed by atoms with Crippen LogP contribution in [-0.2, 0) is 4.79 Å². The summed E-state index contributed by atoms with van der Waals surface area (Å²) < 4.78 is 13.5. The monoisotopic (exact) mass is 211 g/mol. The Balaban J connectivity index is 3.12. The van der Waals surface area contributed by atoms with Crippen LogP contribution in [0.4, 0.5) is 4.39 Å². The maximum absolute atomic E-state index is 13.5. The van der Waals surface area contributed by atoms with Crippen LogP contribution in [0.25, 0.3) is 0 Å². The second kappa shape index (κ2) is 4.40. The summed E-state index contributed by atoms with van der Waals surface area (Å²) in [6.07, 6.45) is -0.263. The van der Waals surface area contributed by atoms with Crippen LogP contribution >= 0.6 is 0 Å². The van der Waals surface area contributed by atoms with Gasteiger partial charge in [0, 0.05) is 11.6 Å². The number of carboxylic acid groups (broad SMARTS) is 1. The van der Waals surface area contributed by atoms with Gasteiger partial charge in [-0.05, 0) is 31.0 Å². The van der Waals surface area contributed by atoms with Gasteiger partial charge in [-0.2, -0.15) is 0 Å². The number of rotatable bonds is 3. The number of benzene rings is 1. The minimum Gasteiger partial charge on any atom is -0.481 e. The fourth-order valence-corrected chi connectivity index (χ4v) is 1.55. The quantitative estimate of drug-likeness (QED) is 0.802. The standard InChI is InChI=1S/C11H14FNO2/c1-6-3-4-8(12)11(7(6)2)9(13)5-10(14)15/h3-4,9H,5,13H2,1-2H3,(H,14,15). The summed E-state index contributed by atoms with van der Waals surface area (Å²) in [6.45, 7) is 3.58. The number of aryl methyl sites for hydroxylation is 1. The number of nitrogens with two attached hydrogens (primary N) is 1.